The summed E-state index contributed by atoms with van der Waals surface area (Å²) in [6.07, 6.45) is 0.0580. The van der Waals surface area contributed by atoms with Crippen LogP contribution in [0.1, 0.15) is 44.2 Å². The molecule has 0 spiro atoms. The van der Waals surface area contributed by atoms with E-state index in [1.54, 1.807) is 0 Å². The first-order valence-corrected chi connectivity index (χ1v) is 11.1. The quantitative estimate of drug-likeness (QED) is 0.291. The zero-order valence-corrected chi connectivity index (χ0v) is 20.3. The third-order valence-electron chi connectivity index (χ3n) is 5.04. The molecule has 2 amide bonds. The third kappa shape index (κ3) is 6.79. The molecule has 2 rings (SSSR count). The van der Waals surface area contributed by atoms with Crippen LogP contribution in [0.15, 0.2) is 36.4 Å². The summed E-state index contributed by atoms with van der Waals surface area (Å²) in [6.45, 7) is 5.87. The molecular formula is C24H26Cl2N2O5. The molecule has 2 aromatic rings. The molecule has 0 fully saturated rings. The molecule has 0 bridgehead atoms. The predicted molar refractivity (Wildman–Crippen MR) is 129 cm³/mol. The number of nitrogens with one attached hydrogen (secondary N) is 2. The molecule has 0 aliphatic rings. The topological polar surface area (TPSA) is 102 Å². The van der Waals surface area contributed by atoms with Crippen LogP contribution >= 0.6 is 23.2 Å². The van der Waals surface area contributed by atoms with Gasteiger partial charge in [0.2, 0.25) is 11.7 Å². The Hall–Kier alpha value is -2.90. The fraction of sp³-hybridized carbons (Fsp3) is 0.333. The Morgan fingerprint density at radius 3 is 2.27 bits per heavy atom. The molecule has 2 aromatic carbocycles. The van der Waals surface area contributed by atoms with Crippen molar-refractivity contribution in [3.8, 4) is 0 Å². The van der Waals surface area contributed by atoms with Crippen molar-refractivity contribution >= 4 is 58.1 Å². The molecule has 33 heavy (non-hydrogen) atoms. The number of ether oxygens (including phenoxy) is 1. The molecular weight excluding hydrogens is 467 g/mol. The first-order valence-electron chi connectivity index (χ1n) is 10.4. The van der Waals surface area contributed by atoms with Gasteiger partial charge in [0.15, 0.2) is 0 Å². The van der Waals surface area contributed by atoms with Crippen molar-refractivity contribution < 1.29 is 23.9 Å². The number of anilines is 2. The van der Waals surface area contributed by atoms with Crippen LogP contribution in [0, 0.1) is 5.92 Å². The summed E-state index contributed by atoms with van der Waals surface area (Å²) in [5, 5.41) is 5.71. The number of carbonyl (C=O) groups excluding carboxylic acids is 4. The van der Waals surface area contributed by atoms with Crippen LogP contribution in [-0.2, 0) is 30.3 Å². The lowest BCUT2D eigenvalue weighted by Crippen LogP contribution is -2.37. The van der Waals surface area contributed by atoms with Gasteiger partial charge in [-0.2, -0.15) is 0 Å². The molecule has 0 saturated heterocycles. The minimum absolute atomic E-state index is 0.0929. The van der Waals surface area contributed by atoms with Gasteiger partial charge in [-0.25, -0.2) is 0 Å². The molecule has 0 unspecified atom stereocenters. The maximum atomic E-state index is 12.9. The summed E-state index contributed by atoms with van der Waals surface area (Å²) in [5.74, 6) is -5.21. The molecule has 7 nitrogen and oxygen atoms in total. The SMILES string of the molecule is CCc1cccc(C(C)C)c1NC(=O)C(=O)[C@H](CC(=O)Nc1ccc(Cl)c(Cl)c1)C(=O)OC. The number of aryl methyl sites for hydroxylation is 1. The Balaban J connectivity index is 2.22. The highest BCUT2D eigenvalue weighted by Crippen LogP contribution is 2.29. The summed E-state index contributed by atoms with van der Waals surface area (Å²) in [4.78, 5) is 50.4. The van der Waals surface area contributed by atoms with Crippen LogP contribution in [-0.4, -0.2) is 30.7 Å². The van der Waals surface area contributed by atoms with E-state index in [0.29, 0.717) is 22.8 Å². The van der Waals surface area contributed by atoms with Crippen molar-refractivity contribution in [2.24, 2.45) is 5.92 Å². The Labute approximate surface area is 202 Å². The van der Waals surface area contributed by atoms with Crippen molar-refractivity contribution in [3.05, 3.63) is 57.6 Å². The average Bonchev–Trinajstić information content (AvgIpc) is 2.78. The van der Waals surface area contributed by atoms with Crippen molar-refractivity contribution in [2.45, 2.75) is 39.5 Å². The van der Waals surface area contributed by atoms with E-state index < -0.39 is 35.9 Å². The normalized spacial score (nSPS) is 11.6. The van der Waals surface area contributed by atoms with Crippen molar-refractivity contribution in [3.63, 3.8) is 0 Å². The van der Waals surface area contributed by atoms with E-state index in [2.05, 4.69) is 15.4 Å². The van der Waals surface area contributed by atoms with Gasteiger partial charge in [-0.1, -0.05) is 62.2 Å². The van der Waals surface area contributed by atoms with Gasteiger partial charge in [0, 0.05) is 17.8 Å². The summed E-state index contributed by atoms with van der Waals surface area (Å²) >= 11 is 11.8. The number of benzene rings is 2. The maximum absolute atomic E-state index is 12.9. The number of amides is 2. The molecule has 0 radical (unpaired) electrons. The van der Waals surface area contributed by atoms with Crippen LogP contribution in [0.25, 0.3) is 0 Å². The van der Waals surface area contributed by atoms with E-state index in [9.17, 15) is 19.2 Å². The van der Waals surface area contributed by atoms with Gasteiger partial charge < -0.3 is 15.4 Å². The first-order chi connectivity index (χ1) is 15.6. The second kappa shape index (κ2) is 11.8. The predicted octanol–water partition coefficient (Wildman–Crippen LogP) is 5.00. The number of hydrogen-bond donors (Lipinski definition) is 2. The maximum Gasteiger partial charge on any atom is 0.317 e. The Kier molecular flexibility index (Phi) is 9.44. The minimum atomic E-state index is -1.60. The highest BCUT2D eigenvalue weighted by atomic mass is 35.5. The van der Waals surface area contributed by atoms with Gasteiger partial charge in [0.25, 0.3) is 5.91 Å². The monoisotopic (exact) mass is 492 g/mol. The smallest absolute Gasteiger partial charge is 0.317 e. The molecule has 0 aliphatic carbocycles. The lowest BCUT2D eigenvalue weighted by atomic mass is 9.95. The lowest BCUT2D eigenvalue weighted by Gasteiger charge is -2.18. The van der Waals surface area contributed by atoms with Crippen molar-refractivity contribution in [1.82, 2.24) is 0 Å². The van der Waals surface area contributed by atoms with E-state index in [4.69, 9.17) is 23.2 Å². The molecule has 1 atom stereocenters. The van der Waals surface area contributed by atoms with Crippen LogP contribution in [0.4, 0.5) is 11.4 Å². The largest absolute Gasteiger partial charge is 0.468 e. The van der Waals surface area contributed by atoms with E-state index in [-0.39, 0.29) is 10.9 Å². The van der Waals surface area contributed by atoms with Crippen LogP contribution < -0.4 is 10.6 Å². The standard InChI is InChI=1S/C24H26Cl2N2O5/c1-5-14-7-6-8-16(13(2)3)21(14)28-23(31)22(30)17(24(32)33-4)12-20(29)27-15-9-10-18(25)19(26)11-15/h6-11,13,17H,5,12H2,1-4H3,(H,27,29)(H,28,31)/t17-/m0/s1. The average molecular weight is 493 g/mol. The lowest BCUT2D eigenvalue weighted by molar-refractivity contribution is -0.153. The Morgan fingerprint density at radius 2 is 1.70 bits per heavy atom. The van der Waals surface area contributed by atoms with E-state index >= 15 is 0 Å². The molecule has 176 valence electrons. The zero-order valence-electron chi connectivity index (χ0n) is 18.8. The number of ketones is 1. The van der Waals surface area contributed by atoms with E-state index in [0.717, 1.165) is 18.2 Å². The number of Topliss-reactive ketones (excluding diaryl/α,β-unsaturated/α-hetero) is 1. The third-order valence-corrected chi connectivity index (χ3v) is 5.78. The van der Waals surface area contributed by atoms with Gasteiger partial charge in [-0.05, 0) is 41.7 Å². The van der Waals surface area contributed by atoms with Gasteiger partial charge in [-0.3, -0.25) is 19.2 Å². The number of hydrogen-bond acceptors (Lipinski definition) is 5. The molecule has 0 saturated carbocycles. The van der Waals surface area contributed by atoms with Gasteiger partial charge >= 0.3 is 5.97 Å². The minimum Gasteiger partial charge on any atom is -0.468 e. The number of methoxy groups -OCH3 is 1. The number of para-hydroxylation sites is 1. The summed E-state index contributed by atoms with van der Waals surface area (Å²) < 4.78 is 4.67. The number of rotatable bonds is 9. The van der Waals surface area contributed by atoms with Crippen molar-refractivity contribution in [2.75, 3.05) is 17.7 Å². The van der Waals surface area contributed by atoms with E-state index in [1.807, 2.05) is 39.0 Å². The van der Waals surface area contributed by atoms with E-state index in [1.165, 1.54) is 18.2 Å². The van der Waals surface area contributed by atoms with Gasteiger partial charge in [0.05, 0.1) is 17.2 Å². The number of carbonyl (C=O) groups is 4. The molecule has 2 N–H and O–H groups in total. The zero-order chi connectivity index (χ0) is 24.7. The number of esters is 1. The highest BCUT2D eigenvalue weighted by Gasteiger charge is 2.35. The van der Waals surface area contributed by atoms with Crippen molar-refractivity contribution in [1.29, 1.82) is 0 Å². The molecule has 0 heterocycles. The molecule has 0 aromatic heterocycles. The highest BCUT2D eigenvalue weighted by molar-refractivity contribution is 6.44. The fourth-order valence-electron chi connectivity index (χ4n) is 3.28. The first kappa shape index (κ1) is 26.4. The Morgan fingerprint density at radius 1 is 1.00 bits per heavy atom. The van der Waals surface area contributed by atoms with Crippen LogP contribution in [0.2, 0.25) is 10.0 Å². The second-order valence-electron chi connectivity index (χ2n) is 7.66. The van der Waals surface area contributed by atoms with Crippen LogP contribution in [0.3, 0.4) is 0 Å². The molecule has 9 heteroatoms. The second-order valence-corrected chi connectivity index (χ2v) is 8.48. The van der Waals surface area contributed by atoms with Gasteiger partial charge in [0.1, 0.15) is 5.92 Å². The summed E-state index contributed by atoms with van der Waals surface area (Å²) in [7, 11) is 1.08. The summed E-state index contributed by atoms with van der Waals surface area (Å²) in [5.41, 5.74) is 2.59. The fourth-order valence-corrected chi connectivity index (χ4v) is 3.58. The summed E-state index contributed by atoms with van der Waals surface area (Å²) in [6, 6.07) is 10.0. The van der Waals surface area contributed by atoms with Crippen LogP contribution in [0.5, 0.6) is 0 Å². The Bertz CT molecular complexity index is 1070. The van der Waals surface area contributed by atoms with Gasteiger partial charge in [-0.15, -0.1) is 0 Å². The molecule has 0 aliphatic heterocycles. The number of halogens is 2.